The lowest BCUT2D eigenvalue weighted by Crippen LogP contribution is -2.30. The van der Waals surface area contributed by atoms with Crippen molar-refractivity contribution in [1.29, 1.82) is 0 Å². The van der Waals surface area contributed by atoms with Gasteiger partial charge in [-0.05, 0) is 72.9 Å². The molecule has 39 heavy (non-hydrogen) atoms. The molecule has 1 fully saturated rings. The number of anilines is 2. The van der Waals surface area contributed by atoms with E-state index >= 15 is 0 Å². The number of fused-ring (bicyclic) bond motifs is 1. The predicted molar refractivity (Wildman–Crippen MR) is 131 cm³/mol. The maximum Gasteiger partial charge on any atom is 0.573 e. The van der Waals surface area contributed by atoms with Crippen LogP contribution in [0.25, 0.3) is 11.2 Å². The predicted octanol–water partition coefficient (Wildman–Crippen LogP) is 7.50. The maximum atomic E-state index is 14.0. The van der Waals surface area contributed by atoms with E-state index in [0.29, 0.717) is 18.5 Å². The Morgan fingerprint density at radius 1 is 1.13 bits per heavy atom. The second-order valence-electron chi connectivity index (χ2n) is 10.8. The number of nitrogens with one attached hydrogen (secondary N) is 1. The molecule has 1 aliphatic carbocycles. The van der Waals surface area contributed by atoms with E-state index in [4.69, 9.17) is 5.11 Å². The minimum atomic E-state index is -4.85. The summed E-state index contributed by atoms with van der Waals surface area (Å²) >= 11 is 0. The van der Waals surface area contributed by atoms with Gasteiger partial charge < -0.3 is 15.2 Å². The number of pyridine rings is 1. The van der Waals surface area contributed by atoms with E-state index in [0.717, 1.165) is 18.6 Å². The van der Waals surface area contributed by atoms with Gasteiger partial charge in [-0.1, -0.05) is 20.8 Å². The highest BCUT2D eigenvalue weighted by atomic mass is 19.4. The van der Waals surface area contributed by atoms with Crippen molar-refractivity contribution in [3.8, 4) is 5.75 Å². The van der Waals surface area contributed by atoms with Gasteiger partial charge in [-0.15, -0.1) is 13.2 Å². The second-order valence-corrected chi connectivity index (χ2v) is 10.8. The van der Waals surface area contributed by atoms with Gasteiger partial charge in [-0.3, -0.25) is 9.36 Å². The molecule has 2 unspecified atom stereocenters. The molecule has 1 saturated carbocycles. The van der Waals surface area contributed by atoms with Crippen LogP contribution in [0.4, 0.5) is 38.0 Å². The van der Waals surface area contributed by atoms with Gasteiger partial charge in [0.1, 0.15) is 17.0 Å². The van der Waals surface area contributed by atoms with Gasteiger partial charge in [-0.2, -0.15) is 13.2 Å². The van der Waals surface area contributed by atoms with E-state index in [1.54, 1.807) is 4.57 Å². The summed E-state index contributed by atoms with van der Waals surface area (Å²) in [5.74, 6) is -1.23. The maximum absolute atomic E-state index is 14.0. The molecule has 4 rings (SSSR count). The molecule has 2 heterocycles. The molecule has 0 bridgehead atoms. The summed E-state index contributed by atoms with van der Waals surface area (Å²) in [7, 11) is 0. The Kier molecular flexibility index (Phi) is 7.48. The van der Waals surface area contributed by atoms with Crippen molar-refractivity contribution in [3.05, 3.63) is 41.6 Å². The van der Waals surface area contributed by atoms with Crippen molar-refractivity contribution in [2.75, 3.05) is 5.32 Å². The average Bonchev–Trinajstić information content (AvgIpc) is 3.12. The Morgan fingerprint density at radius 2 is 1.79 bits per heavy atom. The SMILES string of the molecule is CC1CC(n2c(Nc3ccc(OC(F)(F)F)cc3)nc3cc(CCC(=O)O)c(C(F)(F)F)nc32)CC(C)(C)C1. The zero-order valence-corrected chi connectivity index (χ0v) is 21.5. The molecular formula is C26H28F6N4O3. The third-order valence-corrected chi connectivity index (χ3v) is 6.69. The number of ether oxygens (including phenoxy) is 1. The van der Waals surface area contributed by atoms with E-state index in [1.807, 2.05) is 0 Å². The molecule has 0 spiro atoms. The lowest BCUT2D eigenvalue weighted by atomic mass is 9.70. The van der Waals surface area contributed by atoms with Gasteiger partial charge >= 0.3 is 18.5 Å². The third-order valence-electron chi connectivity index (χ3n) is 6.69. The quantitative estimate of drug-likeness (QED) is 0.292. The summed E-state index contributed by atoms with van der Waals surface area (Å²) in [6.07, 6.45) is -8.34. The van der Waals surface area contributed by atoms with Crippen LogP contribution in [-0.4, -0.2) is 32.0 Å². The van der Waals surface area contributed by atoms with Gasteiger partial charge in [-0.25, -0.2) is 9.97 Å². The summed E-state index contributed by atoms with van der Waals surface area (Å²) in [5.41, 5.74) is -1.07. The van der Waals surface area contributed by atoms with Crippen molar-refractivity contribution in [3.63, 3.8) is 0 Å². The molecule has 3 aromatic rings. The Morgan fingerprint density at radius 3 is 2.36 bits per heavy atom. The van der Waals surface area contributed by atoms with Crippen molar-refractivity contribution in [2.45, 2.75) is 71.5 Å². The number of rotatable bonds is 7. The number of aromatic nitrogens is 3. The van der Waals surface area contributed by atoms with Crippen molar-refractivity contribution < 1.29 is 41.0 Å². The number of benzene rings is 1. The summed E-state index contributed by atoms with van der Waals surface area (Å²) < 4.78 is 85.2. The summed E-state index contributed by atoms with van der Waals surface area (Å²) in [5, 5.41) is 12.0. The van der Waals surface area contributed by atoms with Crippen molar-refractivity contribution in [1.82, 2.24) is 14.5 Å². The topological polar surface area (TPSA) is 89.3 Å². The first-order chi connectivity index (χ1) is 18.0. The Bertz CT molecular complexity index is 1350. The van der Waals surface area contributed by atoms with Crippen molar-refractivity contribution in [2.24, 2.45) is 11.3 Å². The molecule has 0 aliphatic heterocycles. The fraction of sp³-hybridized carbons (Fsp3) is 0.500. The first kappa shape index (κ1) is 28.5. The Hall–Kier alpha value is -3.51. The number of carboxylic acid groups (broad SMARTS) is 1. The molecule has 0 radical (unpaired) electrons. The van der Waals surface area contributed by atoms with Crippen LogP contribution in [0.3, 0.4) is 0 Å². The van der Waals surface area contributed by atoms with Crippen LogP contribution in [0.1, 0.15) is 63.8 Å². The number of halogens is 6. The molecule has 13 heteroatoms. The van der Waals surface area contributed by atoms with E-state index < -0.39 is 36.4 Å². The van der Waals surface area contributed by atoms with Gasteiger partial charge in [0.25, 0.3) is 0 Å². The lowest BCUT2D eigenvalue weighted by molar-refractivity contribution is -0.274. The monoisotopic (exact) mass is 558 g/mol. The van der Waals surface area contributed by atoms with Gasteiger partial charge in [0.15, 0.2) is 5.65 Å². The Labute approximate surface area is 220 Å². The number of aliphatic carboxylic acids is 1. The average molecular weight is 559 g/mol. The van der Waals surface area contributed by atoms with Crippen LogP contribution in [-0.2, 0) is 17.4 Å². The molecule has 1 aliphatic rings. The van der Waals surface area contributed by atoms with Gasteiger partial charge in [0.2, 0.25) is 5.95 Å². The highest BCUT2D eigenvalue weighted by molar-refractivity contribution is 5.78. The van der Waals surface area contributed by atoms with Gasteiger partial charge in [0, 0.05) is 18.2 Å². The van der Waals surface area contributed by atoms with Crippen LogP contribution in [0.15, 0.2) is 30.3 Å². The zero-order chi connectivity index (χ0) is 28.8. The van der Waals surface area contributed by atoms with Crippen molar-refractivity contribution >= 4 is 28.8 Å². The summed E-state index contributed by atoms with van der Waals surface area (Å²) in [4.78, 5) is 19.6. The van der Waals surface area contributed by atoms with Crippen LogP contribution < -0.4 is 10.1 Å². The van der Waals surface area contributed by atoms with Crippen LogP contribution in [0.2, 0.25) is 0 Å². The molecular weight excluding hydrogens is 530 g/mol. The second kappa shape index (κ2) is 10.2. The zero-order valence-electron chi connectivity index (χ0n) is 21.5. The first-order valence-electron chi connectivity index (χ1n) is 12.3. The molecule has 0 saturated heterocycles. The molecule has 2 atom stereocenters. The van der Waals surface area contributed by atoms with Crippen LogP contribution in [0, 0.1) is 11.3 Å². The summed E-state index contributed by atoms with van der Waals surface area (Å²) in [6.45, 7) is 6.23. The van der Waals surface area contributed by atoms with E-state index in [-0.39, 0.29) is 46.5 Å². The normalized spacial score (nSPS) is 19.7. The third kappa shape index (κ3) is 6.93. The highest BCUT2D eigenvalue weighted by Gasteiger charge is 2.39. The molecule has 7 nitrogen and oxygen atoms in total. The molecule has 2 aromatic heterocycles. The molecule has 0 amide bonds. The fourth-order valence-corrected chi connectivity index (χ4v) is 5.53. The molecule has 2 N–H and O–H groups in total. The first-order valence-corrected chi connectivity index (χ1v) is 12.3. The molecule has 1 aromatic carbocycles. The van der Waals surface area contributed by atoms with E-state index in [1.165, 1.54) is 18.2 Å². The number of carbonyl (C=O) groups is 1. The standard InChI is InChI=1S/C26H28F6N4O3/c1-14-10-17(13-24(2,3)12-14)36-22-19(11-15(4-9-20(37)38)21(35-22)25(27,28)29)34-23(36)33-16-5-7-18(8-6-16)39-26(30,31)32/h5-8,11,14,17H,4,9-10,12-13H2,1-3H3,(H,33,34)(H,37,38). The number of alkyl halides is 6. The van der Waals surface area contributed by atoms with Crippen LogP contribution in [0.5, 0.6) is 5.75 Å². The number of aryl methyl sites for hydroxylation is 1. The number of nitrogens with zero attached hydrogens (tertiary/aromatic N) is 3. The van der Waals surface area contributed by atoms with E-state index in [9.17, 15) is 31.1 Å². The number of imidazole rings is 1. The fourth-order valence-electron chi connectivity index (χ4n) is 5.53. The molecule has 212 valence electrons. The minimum absolute atomic E-state index is 0.00387. The summed E-state index contributed by atoms with van der Waals surface area (Å²) in [6, 6.07) is 5.85. The lowest BCUT2D eigenvalue weighted by Gasteiger charge is -2.40. The smallest absolute Gasteiger partial charge is 0.481 e. The number of hydrogen-bond donors (Lipinski definition) is 2. The van der Waals surface area contributed by atoms with Crippen LogP contribution >= 0.6 is 0 Å². The minimum Gasteiger partial charge on any atom is -0.481 e. The number of hydrogen-bond acceptors (Lipinski definition) is 5. The Balaban J connectivity index is 1.83. The van der Waals surface area contributed by atoms with E-state index in [2.05, 4.69) is 40.8 Å². The van der Waals surface area contributed by atoms with Gasteiger partial charge in [0.05, 0.1) is 0 Å². The largest absolute Gasteiger partial charge is 0.573 e. The number of carboxylic acids is 1. The highest BCUT2D eigenvalue weighted by Crippen LogP contribution is 2.46.